The number of benzene rings is 2. The lowest BCUT2D eigenvalue weighted by Gasteiger charge is -2.38. The maximum atomic E-state index is 14.2. The lowest BCUT2D eigenvalue weighted by Crippen LogP contribution is -2.50. The van der Waals surface area contributed by atoms with Gasteiger partial charge in [0.15, 0.2) is 5.96 Å². The Morgan fingerprint density at radius 3 is 2.66 bits per heavy atom. The Bertz CT molecular complexity index is 908. The lowest BCUT2D eigenvalue weighted by molar-refractivity contribution is -0.0605. The van der Waals surface area contributed by atoms with Crippen molar-refractivity contribution in [1.29, 1.82) is 5.26 Å². The number of hydrogen-bond acceptors (Lipinski definition) is 3. The fourth-order valence-electron chi connectivity index (χ4n) is 3.32. The molecule has 0 aromatic heterocycles. The minimum atomic E-state index is -0.441. The predicted molar refractivity (Wildman–Crippen MR) is 107 cm³/mol. The third-order valence-electron chi connectivity index (χ3n) is 4.72. The quantitative estimate of drug-likeness (QED) is 0.629. The largest absolute Gasteiger partial charge is 0.367 e. The van der Waals surface area contributed by atoms with Gasteiger partial charge >= 0.3 is 0 Å². The minimum Gasteiger partial charge on any atom is -0.367 e. The summed E-state index contributed by atoms with van der Waals surface area (Å²) in [5, 5.41) is 12.1. The van der Waals surface area contributed by atoms with Crippen LogP contribution in [0.2, 0.25) is 0 Å². The van der Waals surface area contributed by atoms with E-state index in [1.54, 1.807) is 24.3 Å². The Labute approximate surface area is 169 Å². The number of halogens is 2. The molecule has 0 spiro atoms. The summed E-state index contributed by atoms with van der Waals surface area (Å²) in [5.41, 5.74) is 1.61. The van der Waals surface area contributed by atoms with Crippen LogP contribution in [0.3, 0.4) is 0 Å². The van der Waals surface area contributed by atoms with E-state index in [4.69, 9.17) is 10.00 Å². The molecule has 7 heteroatoms. The van der Waals surface area contributed by atoms with Gasteiger partial charge in [0.2, 0.25) is 0 Å². The number of aliphatic imine (C=N–C) groups is 1. The van der Waals surface area contributed by atoms with Crippen LogP contribution in [0.5, 0.6) is 0 Å². The van der Waals surface area contributed by atoms with Gasteiger partial charge in [-0.25, -0.2) is 13.8 Å². The number of nitrogens with one attached hydrogen (secondary N) is 1. The molecule has 0 amide bonds. The zero-order valence-corrected chi connectivity index (χ0v) is 16.5. The maximum absolute atomic E-state index is 14.2. The first-order chi connectivity index (χ1) is 14.0. The number of nitriles is 1. The molecular formula is C22H24F2N4O. The Morgan fingerprint density at radius 1 is 1.24 bits per heavy atom. The Morgan fingerprint density at radius 2 is 2.00 bits per heavy atom. The minimum absolute atomic E-state index is 0.0469. The van der Waals surface area contributed by atoms with Crippen molar-refractivity contribution in [2.24, 2.45) is 4.99 Å². The standard InChI is InChI=1S/C22H24F2N4O/c1-3-26-22(27-12-18-5-4-16(11-25)10-20(18)24)28-13-15(2)29-21(14-28)17-6-8-19(23)9-7-17/h4-10,15,21H,3,12-14H2,1-2H3,(H,26,27). The van der Waals surface area contributed by atoms with Gasteiger partial charge in [-0.1, -0.05) is 18.2 Å². The van der Waals surface area contributed by atoms with Crippen LogP contribution in [0.15, 0.2) is 47.5 Å². The average molecular weight is 398 g/mol. The SMILES string of the molecule is CCNC(=NCc1ccc(C#N)cc1F)N1CC(C)OC(c2ccc(F)cc2)C1. The second-order valence-electron chi connectivity index (χ2n) is 6.98. The van der Waals surface area contributed by atoms with Gasteiger partial charge in [0.25, 0.3) is 0 Å². The maximum Gasteiger partial charge on any atom is 0.194 e. The molecule has 3 rings (SSSR count). The van der Waals surface area contributed by atoms with Gasteiger partial charge in [-0.05, 0) is 43.7 Å². The van der Waals surface area contributed by atoms with Crippen molar-refractivity contribution in [1.82, 2.24) is 10.2 Å². The van der Waals surface area contributed by atoms with E-state index in [1.807, 2.05) is 19.9 Å². The van der Waals surface area contributed by atoms with Crippen molar-refractivity contribution >= 4 is 5.96 Å². The first-order valence-electron chi connectivity index (χ1n) is 9.63. The van der Waals surface area contributed by atoms with E-state index in [0.29, 0.717) is 31.2 Å². The van der Waals surface area contributed by atoms with Gasteiger partial charge in [0.05, 0.1) is 30.8 Å². The summed E-state index contributed by atoms with van der Waals surface area (Å²) in [6.45, 7) is 5.97. The van der Waals surface area contributed by atoms with Crippen molar-refractivity contribution < 1.29 is 13.5 Å². The molecule has 5 nitrogen and oxygen atoms in total. The van der Waals surface area contributed by atoms with Gasteiger partial charge in [0.1, 0.15) is 17.7 Å². The monoisotopic (exact) mass is 398 g/mol. The van der Waals surface area contributed by atoms with E-state index in [9.17, 15) is 8.78 Å². The average Bonchev–Trinajstić information content (AvgIpc) is 2.71. The van der Waals surface area contributed by atoms with Gasteiger partial charge < -0.3 is 15.0 Å². The first kappa shape index (κ1) is 20.7. The van der Waals surface area contributed by atoms with Crippen molar-refractivity contribution in [2.75, 3.05) is 19.6 Å². The molecule has 1 heterocycles. The third kappa shape index (κ3) is 5.30. The van der Waals surface area contributed by atoms with Gasteiger partial charge in [0, 0.05) is 18.7 Å². The number of guanidine groups is 1. The highest BCUT2D eigenvalue weighted by Gasteiger charge is 2.28. The van der Waals surface area contributed by atoms with Crippen LogP contribution in [-0.2, 0) is 11.3 Å². The number of hydrogen-bond donors (Lipinski definition) is 1. The van der Waals surface area contributed by atoms with E-state index in [2.05, 4.69) is 15.2 Å². The number of nitrogens with zero attached hydrogens (tertiary/aromatic N) is 3. The van der Waals surface area contributed by atoms with Crippen molar-refractivity contribution in [3.8, 4) is 6.07 Å². The zero-order valence-electron chi connectivity index (χ0n) is 16.5. The molecule has 1 fully saturated rings. The summed E-state index contributed by atoms with van der Waals surface area (Å²) < 4.78 is 33.5. The van der Waals surface area contributed by atoms with Crippen LogP contribution in [0.1, 0.15) is 36.6 Å². The molecule has 1 aliphatic heterocycles. The summed E-state index contributed by atoms with van der Waals surface area (Å²) in [6, 6.07) is 12.6. The molecule has 1 N–H and O–H groups in total. The molecule has 0 saturated carbocycles. The molecule has 2 unspecified atom stereocenters. The summed E-state index contributed by atoms with van der Waals surface area (Å²) in [4.78, 5) is 6.67. The second kappa shape index (κ2) is 9.48. The van der Waals surface area contributed by atoms with Crippen LogP contribution in [0.25, 0.3) is 0 Å². The number of ether oxygens (including phenoxy) is 1. The first-order valence-corrected chi connectivity index (χ1v) is 9.63. The van der Waals surface area contributed by atoms with Gasteiger partial charge in [-0.3, -0.25) is 0 Å². The van der Waals surface area contributed by atoms with Crippen LogP contribution in [0.4, 0.5) is 8.78 Å². The molecule has 0 radical (unpaired) electrons. The Balaban J connectivity index is 1.78. The molecule has 2 aromatic carbocycles. The fourth-order valence-corrected chi connectivity index (χ4v) is 3.32. The van der Waals surface area contributed by atoms with Crippen LogP contribution in [0, 0.1) is 23.0 Å². The van der Waals surface area contributed by atoms with Crippen LogP contribution < -0.4 is 5.32 Å². The molecule has 152 valence electrons. The topological polar surface area (TPSA) is 60.7 Å². The zero-order chi connectivity index (χ0) is 20.8. The van der Waals surface area contributed by atoms with E-state index >= 15 is 0 Å². The molecule has 1 saturated heterocycles. The highest BCUT2D eigenvalue weighted by Crippen LogP contribution is 2.25. The number of morpholine rings is 1. The summed E-state index contributed by atoms with van der Waals surface area (Å²) in [6.07, 6.45) is -0.260. The third-order valence-corrected chi connectivity index (χ3v) is 4.72. The molecule has 2 atom stereocenters. The van der Waals surface area contributed by atoms with Crippen LogP contribution >= 0.6 is 0 Å². The molecule has 2 aromatic rings. The fraction of sp³-hybridized carbons (Fsp3) is 0.364. The van der Waals surface area contributed by atoms with E-state index < -0.39 is 5.82 Å². The van der Waals surface area contributed by atoms with E-state index in [0.717, 1.165) is 5.56 Å². The van der Waals surface area contributed by atoms with Crippen LogP contribution in [-0.4, -0.2) is 36.6 Å². The van der Waals surface area contributed by atoms with E-state index in [1.165, 1.54) is 18.2 Å². The van der Waals surface area contributed by atoms with Crippen molar-refractivity contribution in [3.05, 3.63) is 70.8 Å². The smallest absolute Gasteiger partial charge is 0.194 e. The van der Waals surface area contributed by atoms with Gasteiger partial charge in [-0.2, -0.15) is 5.26 Å². The Hall–Kier alpha value is -2.98. The molecular weight excluding hydrogens is 374 g/mol. The van der Waals surface area contributed by atoms with E-state index in [-0.39, 0.29) is 30.1 Å². The summed E-state index contributed by atoms with van der Waals surface area (Å²) in [5.74, 6) is -0.0597. The van der Waals surface area contributed by atoms with Crippen molar-refractivity contribution in [2.45, 2.75) is 32.6 Å². The molecule has 29 heavy (non-hydrogen) atoms. The van der Waals surface area contributed by atoms with Crippen molar-refractivity contribution in [3.63, 3.8) is 0 Å². The summed E-state index contributed by atoms with van der Waals surface area (Å²) >= 11 is 0. The summed E-state index contributed by atoms with van der Waals surface area (Å²) in [7, 11) is 0. The molecule has 0 aliphatic carbocycles. The highest BCUT2D eigenvalue weighted by molar-refractivity contribution is 5.80. The Kier molecular flexibility index (Phi) is 6.78. The normalized spacial score (nSPS) is 19.7. The predicted octanol–water partition coefficient (Wildman–Crippen LogP) is 3.76. The van der Waals surface area contributed by atoms with Gasteiger partial charge in [-0.15, -0.1) is 0 Å². The molecule has 0 bridgehead atoms. The second-order valence-corrected chi connectivity index (χ2v) is 6.98. The highest BCUT2D eigenvalue weighted by atomic mass is 19.1. The lowest BCUT2D eigenvalue weighted by atomic mass is 10.1. The molecule has 1 aliphatic rings. The number of rotatable bonds is 4.